The number of anilines is 1. The van der Waals surface area contributed by atoms with Gasteiger partial charge in [-0.25, -0.2) is 0 Å². The van der Waals surface area contributed by atoms with Crippen LogP contribution >= 0.6 is 0 Å². The first-order valence-corrected chi connectivity index (χ1v) is 5.68. The average molecular weight is 235 g/mol. The lowest BCUT2D eigenvalue weighted by Gasteiger charge is -2.21. The van der Waals surface area contributed by atoms with E-state index in [1.165, 1.54) is 4.90 Å². The van der Waals surface area contributed by atoms with Gasteiger partial charge in [-0.1, -0.05) is 32.0 Å². The highest BCUT2D eigenvalue weighted by molar-refractivity contribution is 5.87. The molecule has 1 N–H and O–H groups in total. The largest absolute Gasteiger partial charge is 0.480 e. The highest BCUT2D eigenvalue weighted by Crippen LogP contribution is 2.25. The van der Waals surface area contributed by atoms with E-state index in [1.54, 1.807) is 0 Å². The number of carboxylic acid groups (broad SMARTS) is 1. The average Bonchev–Trinajstić information content (AvgIpc) is 2.34. The zero-order valence-electron chi connectivity index (χ0n) is 10.1. The number of hydrogen-bond acceptors (Lipinski definition) is 2. The van der Waals surface area contributed by atoms with Crippen LogP contribution in [-0.4, -0.2) is 24.0 Å². The first-order chi connectivity index (χ1) is 8.13. The molecule has 0 bridgehead atoms. The molecule has 1 rings (SSSR count). The Hall–Kier alpha value is -1.84. The Morgan fingerprint density at radius 1 is 1.29 bits per heavy atom. The van der Waals surface area contributed by atoms with Gasteiger partial charge in [0.2, 0.25) is 6.41 Å². The van der Waals surface area contributed by atoms with Crippen molar-refractivity contribution in [3.63, 3.8) is 0 Å². The molecule has 0 aliphatic rings. The third-order valence-electron chi connectivity index (χ3n) is 2.69. The van der Waals surface area contributed by atoms with E-state index < -0.39 is 5.97 Å². The number of hydrogen-bond donors (Lipinski definition) is 1. The van der Waals surface area contributed by atoms with Gasteiger partial charge < -0.3 is 10.0 Å². The number of para-hydroxylation sites is 1. The molecule has 0 atom stereocenters. The van der Waals surface area contributed by atoms with Gasteiger partial charge >= 0.3 is 5.97 Å². The summed E-state index contributed by atoms with van der Waals surface area (Å²) >= 11 is 0. The molecule has 17 heavy (non-hydrogen) atoms. The maximum Gasteiger partial charge on any atom is 0.323 e. The van der Waals surface area contributed by atoms with E-state index in [0.29, 0.717) is 6.41 Å². The lowest BCUT2D eigenvalue weighted by Crippen LogP contribution is -2.29. The predicted molar refractivity (Wildman–Crippen MR) is 66.2 cm³/mol. The number of amides is 1. The number of carboxylic acids is 1. The Labute approximate surface area is 101 Å². The molecule has 0 fully saturated rings. The van der Waals surface area contributed by atoms with E-state index in [2.05, 4.69) is 0 Å². The molecule has 0 spiro atoms. The van der Waals surface area contributed by atoms with Gasteiger partial charge in [0, 0.05) is 0 Å². The van der Waals surface area contributed by atoms with Crippen molar-refractivity contribution >= 4 is 18.1 Å². The van der Waals surface area contributed by atoms with E-state index in [1.807, 2.05) is 32.0 Å². The fraction of sp³-hybridized carbons (Fsp3) is 0.385. The molecule has 1 aromatic carbocycles. The summed E-state index contributed by atoms with van der Waals surface area (Å²) in [5.41, 5.74) is 2.74. The van der Waals surface area contributed by atoms with Crippen molar-refractivity contribution in [3.8, 4) is 0 Å². The number of carbonyl (C=O) groups excluding carboxylic acids is 1. The molecule has 0 radical (unpaired) electrons. The second-order valence-electron chi connectivity index (χ2n) is 3.76. The van der Waals surface area contributed by atoms with Crippen LogP contribution in [0.5, 0.6) is 0 Å². The smallest absolute Gasteiger partial charge is 0.323 e. The maximum atomic E-state index is 11.0. The van der Waals surface area contributed by atoms with Gasteiger partial charge in [0.25, 0.3) is 0 Å². The molecule has 4 nitrogen and oxygen atoms in total. The molecule has 4 heteroatoms. The molecular formula is C13H17NO3. The van der Waals surface area contributed by atoms with Crippen LogP contribution in [0.1, 0.15) is 25.0 Å². The minimum Gasteiger partial charge on any atom is -0.480 e. The van der Waals surface area contributed by atoms with Crippen LogP contribution in [0.4, 0.5) is 5.69 Å². The SMILES string of the molecule is CCc1cccc(CC)c1N(C=O)CC(=O)O. The number of aliphatic carboxylic acids is 1. The van der Waals surface area contributed by atoms with Crippen molar-refractivity contribution in [3.05, 3.63) is 29.3 Å². The zero-order chi connectivity index (χ0) is 12.8. The summed E-state index contributed by atoms with van der Waals surface area (Å²) in [5, 5.41) is 8.80. The summed E-state index contributed by atoms with van der Waals surface area (Å²) in [5.74, 6) is -1.01. The molecule has 0 aliphatic heterocycles. The number of carbonyl (C=O) groups is 2. The second kappa shape index (κ2) is 6.03. The van der Waals surface area contributed by atoms with E-state index in [9.17, 15) is 9.59 Å². The predicted octanol–water partition coefficient (Wildman–Crippen LogP) is 1.86. The number of nitrogens with zero attached hydrogens (tertiary/aromatic N) is 1. The van der Waals surface area contributed by atoms with E-state index in [0.717, 1.165) is 29.7 Å². The van der Waals surface area contributed by atoms with Crippen LogP contribution in [0.3, 0.4) is 0 Å². The number of benzene rings is 1. The quantitative estimate of drug-likeness (QED) is 0.766. The topological polar surface area (TPSA) is 57.6 Å². The van der Waals surface area contributed by atoms with Crippen LogP contribution < -0.4 is 4.90 Å². The summed E-state index contributed by atoms with van der Waals surface area (Å²) in [6, 6.07) is 5.78. The van der Waals surface area contributed by atoms with Gasteiger partial charge in [-0.3, -0.25) is 9.59 Å². The van der Waals surface area contributed by atoms with Crippen LogP contribution in [0.2, 0.25) is 0 Å². The molecule has 0 unspecified atom stereocenters. The third-order valence-corrected chi connectivity index (χ3v) is 2.69. The van der Waals surface area contributed by atoms with Crippen LogP contribution in [0, 0.1) is 0 Å². The van der Waals surface area contributed by atoms with Crippen molar-refractivity contribution in [1.29, 1.82) is 0 Å². The number of aryl methyl sites for hydroxylation is 2. The van der Waals surface area contributed by atoms with Crippen molar-refractivity contribution in [2.24, 2.45) is 0 Å². The molecule has 1 aromatic rings. The molecule has 0 saturated heterocycles. The molecule has 0 heterocycles. The van der Waals surface area contributed by atoms with Crippen molar-refractivity contribution in [2.75, 3.05) is 11.4 Å². The Bertz CT molecular complexity index is 393. The van der Waals surface area contributed by atoms with Gasteiger partial charge in [-0.2, -0.15) is 0 Å². The minimum absolute atomic E-state index is 0.298. The summed E-state index contributed by atoms with van der Waals surface area (Å²) in [6.45, 7) is 3.68. The van der Waals surface area contributed by atoms with E-state index in [4.69, 9.17) is 5.11 Å². The second-order valence-corrected chi connectivity index (χ2v) is 3.76. The Balaban J connectivity index is 3.23. The van der Waals surface area contributed by atoms with Crippen LogP contribution in [-0.2, 0) is 22.4 Å². The zero-order valence-corrected chi connectivity index (χ0v) is 10.1. The van der Waals surface area contributed by atoms with Gasteiger partial charge in [0.15, 0.2) is 0 Å². The van der Waals surface area contributed by atoms with Gasteiger partial charge in [-0.15, -0.1) is 0 Å². The van der Waals surface area contributed by atoms with Gasteiger partial charge in [0.1, 0.15) is 6.54 Å². The first-order valence-electron chi connectivity index (χ1n) is 5.68. The highest BCUT2D eigenvalue weighted by atomic mass is 16.4. The molecule has 0 saturated carbocycles. The molecule has 0 aromatic heterocycles. The third kappa shape index (κ3) is 3.06. The Kier molecular flexibility index (Phi) is 4.69. The minimum atomic E-state index is -1.01. The lowest BCUT2D eigenvalue weighted by atomic mass is 10.0. The van der Waals surface area contributed by atoms with E-state index >= 15 is 0 Å². The molecular weight excluding hydrogens is 218 g/mol. The normalized spacial score (nSPS) is 10.0. The summed E-state index contributed by atoms with van der Waals surface area (Å²) in [6.07, 6.45) is 2.13. The van der Waals surface area contributed by atoms with Gasteiger partial charge in [-0.05, 0) is 24.0 Å². The Morgan fingerprint density at radius 2 is 1.82 bits per heavy atom. The van der Waals surface area contributed by atoms with Crippen molar-refractivity contribution in [2.45, 2.75) is 26.7 Å². The fourth-order valence-corrected chi connectivity index (χ4v) is 1.90. The van der Waals surface area contributed by atoms with Crippen molar-refractivity contribution < 1.29 is 14.7 Å². The van der Waals surface area contributed by atoms with Crippen LogP contribution in [0.25, 0.3) is 0 Å². The fourth-order valence-electron chi connectivity index (χ4n) is 1.90. The Morgan fingerprint density at radius 3 is 2.18 bits per heavy atom. The monoisotopic (exact) mass is 235 g/mol. The number of rotatable bonds is 6. The summed E-state index contributed by atoms with van der Waals surface area (Å²) in [4.78, 5) is 23.0. The van der Waals surface area contributed by atoms with Crippen LogP contribution in [0.15, 0.2) is 18.2 Å². The highest BCUT2D eigenvalue weighted by Gasteiger charge is 2.16. The first kappa shape index (κ1) is 13.2. The molecule has 92 valence electrons. The lowest BCUT2D eigenvalue weighted by molar-refractivity contribution is -0.136. The molecule has 0 aliphatic carbocycles. The summed E-state index contributed by atoms with van der Waals surface area (Å²) in [7, 11) is 0. The van der Waals surface area contributed by atoms with E-state index in [-0.39, 0.29) is 6.54 Å². The maximum absolute atomic E-state index is 11.0. The molecule has 1 amide bonds. The van der Waals surface area contributed by atoms with Gasteiger partial charge in [0.05, 0.1) is 5.69 Å². The summed E-state index contributed by atoms with van der Waals surface area (Å²) < 4.78 is 0. The standard InChI is InChI=1S/C13H17NO3/c1-3-10-6-5-7-11(4-2)13(10)14(9-15)8-12(16)17/h5-7,9H,3-4,8H2,1-2H3,(H,16,17). The van der Waals surface area contributed by atoms with Crippen molar-refractivity contribution in [1.82, 2.24) is 0 Å².